The molecular weight excluding hydrogens is 231 g/mol. The molecule has 0 aliphatic carbocycles. The summed E-state index contributed by atoms with van der Waals surface area (Å²) in [6.07, 6.45) is 3.41. The Morgan fingerprint density at radius 1 is 1.41 bits per heavy atom. The van der Waals surface area contributed by atoms with Gasteiger partial charge in [-0.25, -0.2) is 0 Å². The first-order valence-electron chi connectivity index (χ1n) is 4.68. The van der Waals surface area contributed by atoms with Gasteiger partial charge in [0.1, 0.15) is 6.61 Å². The third-order valence-electron chi connectivity index (χ3n) is 1.80. The van der Waals surface area contributed by atoms with E-state index in [9.17, 15) is 13.2 Å². The smallest absolute Gasteiger partial charge is 0.273 e. The van der Waals surface area contributed by atoms with E-state index in [0.29, 0.717) is 5.56 Å². The number of halogens is 3. The molecule has 1 rings (SSSR count). The molecular formula is C12H10F3NO. The maximum absolute atomic E-state index is 12.4. The van der Waals surface area contributed by atoms with E-state index in [2.05, 4.69) is 11.4 Å². The standard InChI is InChI=1S/C12H10F3NO/c1-2-8-17-16-7-6-10-4-3-5-11(9-10)12(13,14)15/h1,3-7,9,16H,8H2. The Balaban J connectivity index is 2.64. The van der Waals surface area contributed by atoms with E-state index in [1.54, 1.807) is 6.07 Å². The molecule has 0 spiro atoms. The number of hydroxylamine groups is 1. The van der Waals surface area contributed by atoms with E-state index in [1.807, 2.05) is 0 Å². The lowest BCUT2D eigenvalue weighted by atomic mass is 10.1. The molecule has 0 atom stereocenters. The third kappa shape index (κ3) is 4.62. The minimum Gasteiger partial charge on any atom is -0.273 e. The zero-order valence-corrected chi connectivity index (χ0v) is 8.79. The second-order valence-electron chi connectivity index (χ2n) is 3.07. The van der Waals surface area contributed by atoms with Crippen LogP contribution in [0, 0.1) is 12.3 Å². The number of alkyl halides is 3. The van der Waals surface area contributed by atoms with Crippen molar-refractivity contribution in [2.45, 2.75) is 6.18 Å². The van der Waals surface area contributed by atoms with Gasteiger partial charge >= 0.3 is 6.18 Å². The van der Waals surface area contributed by atoms with Crippen LogP contribution in [0.4, 0.5) is 13.2 Å². The Morgan fingerprint density at radius 2 is 2.18 bits per heavy atom. The predicted octanol–water partition coefficient (Wildman–Crippen LogP) is 2.83. The number of terminal acetylenes is 1. The summed E-state index contributed by atoms with van der Waals surface area (Å²) in [6.45, 7) is 0.0763. The fourth-order valence-electron chi connectivity index (χ4n) is 1.08. The van der Waals surface area contributed by atoms with Crippen molar-refractivity contribution in [3.63, 3.8) is 0 Å². The van der Waals surface area contributed by atoms with Gasteiger partial charge in [0.05, 0.1) is 5.56 Å². The first kappa shape index (κ1) is 13.1. The number of hydrogen-bond acceptors (Lipinski definition) is 2. The highest BCUT2D eigenvalue weighted by molar-refractivity contribution is 5.50. The van der Waals surface area contributed by atoms with Gasteiger partial charge in [-0.15, -0.1) is 6.42 Å². The number of hydrogen-bond donors (Lipinski definition) is 1. The van der Waals surface area contributed by atoms with Gasteiger partial charge in [-0.1, -0.05) is 18.1 Å². The zero-order chi connectivity index (χ0) is 12.7. The van der Waals surface area contributed by atoms with E-state index >= 15 is 0 Å². The lowest BCUT2D eigenvalue weighted by Crippen LogP contribution is -2.06. The van der Waals surface area contributed by atoms with Crippen molar-refractivity contribution in [3.05, 3.63) is 41.6 Å². The normalized spacial score (nSPS) is 11.4. The van der Waals surface area contributed by atoms with Gasteiger partial charge in [-0.3, -0.25) is 10.3 Å². The van der Waals surface area contributed by atoms with Crippen LogP contribution in [0.5, 0.6) is 0 Å². The Labute approximate surface area is 97.0 Å². The predicted molar refractivity (Wildman–Crippen MR) is 58.4 cm³/mol. The van der Waals surface area contributed by atoms with Gasteiger partial charge in [0.25, 0.3) is 0 Å². The van der Waals surface area contributed by atoms with Crippen LogP contribution in [0.2, 0.25) is 0 Å². The minimum atomic E-state index is -4.34. The molecule has 5 heteroatoms. The van der Waals surface area contributed by atoms with Crippen LogP contribution in [-0.4, -0.2) is 6.61 Å². The van der Waals surface area contributed by atoms with Gasteiger partial charge in [0, 0.05) is 6.20 Å². The van der Waals surface area contributed by atoms with E-state index in [-0.39, 0.29) is 6.61 Å². The summed E-state index contributed by atoms with van der Waals surface area (Å²) < 4.78 is 37.1. The average molecular weight is 241 g/mol. The minimum absolute atomic E-state index is 0.0763. The molecule has 0 amide bonds. The maximum atomic E-state index is 12.4. The molecule has 0 saturated heterocycles. The highest BCUT2D eigenvalue weighted by Gasteiger charge is 2.30. The van der Waals surface area contributed by atoms with Gasteiger partial charge in [-0.05, 0) is 23.8 Å². The maximum Gasteiger partial charge on any atom is 0.416 e. The molecule has 0 aromatic heterocycles. The van der Waals surface area contributed by atoms with Crippen molar-refractivity contribution in [2.75, 3.05) is 6.61 Å². The highest BCUT2D eigenvalue weighted by atomic mass is 19.4. The molecule has 0 aliphatic heterocycles. The fourth-order valence-corrected chi connectivity index (χ4v) is 1.08. The molecule has 0 unspecified atom stereocenters. The molecule has 0 bridgehead atoms. The van der Waals surface area contributed by atoms with Crippen molar-refractivity contribution in [1.82, 2.24) is 5.48 Å². The zero-order valence-electron chi connectivity index (χ0n) is 8.79. The third-order valence-corrected chi connectivity index (χ3v) is 1.80. The Hall–Kier alpha value is -1.93. The molecule has 2 nitrogen and oxygen atoms in total. The van der Waals surface area contributed by atoms with Crippen LogP contribution < -0.4 is 5.48 Å². The molecule has 0 aliphatic rings. The van der Waals surface area contributed by atoms with Crippen LogP contribution in [0.25, 0.3) is 6.08 Å². The average Bonchev–Trinajstić information content (AvgIpc) is 2.28. The summed E-state index contributed by atoms with van der Waals surface area (Å²) >= 11 is 0. The molecule has 0 fully saturated rings. The summed E-state index contributed by atoms with van der Waals surface area (Å²) in [5.41, 5.74) is 2.11. The van der Waals surface area contributed by atoms with Crippen molar-refractivity contribution in [1.29, 1.82) is 0 Å². The number of benzene rings is 1. The molecule has 1 aromatic carbocycles. The lowest BCUT2D eigenvalue weighted by molar-refractivity contribution is -0.137. The van der Waals surface area contributed by atoms with Gasteiger partial charge in [-0.2, -0.15) is 13.2 Å². The van der Waals surface area contributed by atoms with E-state index < -0.39 is 11.7 Å². The van der Waals surface area contributed by atoms with Crippen LogP contribution >= 0.6 is 0 Å². The van der Waals surface area contributed by atoms with E-state index in [1.165, 1.54) is 18.3 Å². The molecule has 0 radical (unpaired) electrons. The summed E-state index contributed by atoms with van der Waals surface area (Å²) in [6, 6.07) is 4.94. The van der Waals surface area contributed by atoms with Crippen molar-refractivity contribution < 1.29 is 18.0 Å². The van der Waals surface area contributed by atoms with Crippen LogP contribution in [0.1, 0.15) is 11.1 Å². The van der Waals surface area contributed by atoms with Gasteiger partial charge < -0.3 is 0 Å². The van der Waals surface area contributed by atoms with Crippen molar-refractivity contribution in [3.8, 4) is 12.3 Å². The topological polar surface area (TPSA) is 21.3 Å². The quantitative estimate of drug-likeness (QED) is 0.497. The first-order valence-corrected chi connectivity index (χ1v) is 4.68. The number of rotatable bonds is 4. The highest BCUT2D eigenvalue weighted by Crippen LogP contribution is 2.29. The molecule has 0 saturated carbocycles. The summed E-state index contributed by atoms with van der Waals surface area (Å²) in [7, 11) is 0. The van der Waals surface area contributed by atoms with E-state index in [0.717, 1.165) is 12.1 Å². The molecule has 90 valence electrons. The Bertz CT molecular complexity index is 432. The van der Waals surface area contributed by atoms with Crippen LogP contribution in [-0.2, 0) is 11.0 Å². The SMILES string of the molecule is C#CCONC=Cc1cccc(C(F)(F)F)c1. The van der Waals surface area contributed by atoms with E-state index in [4.69, 9.17) is 11.3 Å². The van der Waals surface area contributed by atoms with Gasteiger partial charge in [0.2, 0.25) is 0 Å². The molecule has 17 heavy (non-hydrogen) atoms. The lowest BCUT2D eigenvalue weighted by Gasteiger charge is -2.06. The second kappa shape index (κ2) is 5.97. The summed E-state index contributed by atoms with van der Waals surface area (Å²) in [4.78, 5) is 4.71. The van der Waals surface area contributed by atoms with Crippen LogP contribution in [0.15, 0.2) is 30.5 Å². The molecule has 0 heterocycles. The molecule has 1 aromatic rings. The Morgan fingerprint density at radius 3 is 2.82 bits per heavy atom. The molecule has 1 N–H and O–H groups in total. The fraction of sp³-hybridized carbons (Fsp3) is 0.167. The Kier molecular flexibility index (Phi) is 4.61. The number of nitrogens with one attached hydrogen (secondary N) is 1. The largest absolute Gasteiger partial charge is 0.416 e. The monoisotopic (exact) mass is 241 g/mol. The van der Waals surface area contributed by atoms with Crippen molar-refractivity contribution >= 4 is 6.08 Å². The summed E-state index contributed by atoms with van der Waals surface area (Å²) in [5, 5.41) is 0. The van der Waals surface area contributed by atoms with Crippen LogP contribution in [0.3, 0.4) is 0 Å². The van der Waals surface area contributed by atoms with Gasteiger partial charge in [0.15, 0.2) is 0 Å². The second-order valence-corrected chi connectivity index (χ2v) is 3.07. The van der Waals surface area contributed by atoms with Crippen molar-refractivity contribution in [2.24, 2.45) is 0 Å². The summed E-state index contributed by atoms with van der Waals surface area (Å²) in [5.74, 6) is 2.23. The first-order chi connectivity index (χ1) is 8.04.